The van der Waals surface area contributed by atoms with Crippen LogP contribution in [-0.4, -0.2) is 29.0 Å². The summed E-state index contributed by atoms with van der Waals surface area (Å²) in [7, 11) is 0. The van der Waals surface area contributed by atoms with E-state index in [0.717, 1.165) is 23.6 Å². The van der Waals surface area contributed by atoms with Crippen molar-refractivity contribution in [3.63, 3.8) is 0 Å². The molecule has 1 aliphatic heterocycles. The fourth-order valence-electron chi connectivity index (χ4n) is 3.05. The van der Waals surface area contributed by atoms with Crippen molar-refractivity contribution >= 4 is 23.5 Å². The first kappa shape index (κ1) is 20.6. The normalized spacial score (nSPS) is 17.9. The largest absolute Gasteiger partial charge is 0.369 e. The van der Waals surface area contributed by atoms with Gasteiger partial charge in [-0.25, -0.2) is 0 Å². The average molecular weight is 378 g/mol. The number of hydrogen-bond acceptors (Lipinski definition) is 3. The van der Waals surface area contributed by atoms with Gasteiger partial charge in [-0.3, -0.25) is 4.99 Å². The van der Waals surface area contributed by atoms with E-state index in [9.17, 15) is 0 Å². The maximum Gasteiger partial charge on any atom is 0.223 e. The Hall–Kier alpha value is -1.75. The third-order valence-electron chi connectivity index (χ3n) is 4.65. The standard InChI is InChI=1S/C20H32ClN5/c1-4-5-6-7-8-11-14-23-19-24-18(22)26(20(2,3)25-19)15-16-12-9-10-13-17(16)21/h9-10,12-13H,4-8,11,14-15H2,1-3H3,(H3,22,23,24,25). The molecule has 0 unspecified atom stereocenters. The van der Waals surface area contributed by atoms with Gasteiger partial charge >= 0.3 is 0 Å². The highest BCUT2D eigenvalue weighted by molar-refractivity contribution is 6.31. The molecule has 3 N–H and O–H groups in total. The van der Waals surface area contributed by atoms with Crippen molar-refractivity contribution in [3.05, 3.63) is 34.9 Å². The van der Waals surface area contributed by atoms with Crippen LogP contribution >= 0.6 is 11.6 Å². The summed E-state index contributed by atoms with van der Waals surface area (Å²) in [6, 6.07) is 7.80. The van der Waals surface area contributed by atoms with E-state index in [4.69, 9.17) is 17.3 Å². The molecule has 0 spiro atoms. The van der Waals surface area contributed by atoms with Gasteiger partial charge in [-0.2, -0.15) is 4.99 Å². The number of nitrogens with one attached hydrogen (secondary N) is 1. The molecule has 2 rings (SSSR count). The highest BCUT2D eigenvalue weighted by atomic mass is 35.5. The van der Waals surface area contributed by atoms with Crippen LogP contribution in [0.15, 0.2) is 34.3 Å². The van der Waals surface area contributed by atoms with Crippen LogP contribution in [0.4, 0.5) is 0 Å². The van der Waals surface area contributed by atoms with Gasteiger partial charge in [0, 0.05) is 18.1 Å². The fraction of sp³-hybridized carbons (Fsp3) is 0.600. The van der Waals surface area contributed by atoms with Crippen LogP contribution in [0.5, 0.6) is 0 Å². The predicted molar refractivity (Wildman–Crippen MR) is 112 cm³/mol. The van der Waals surface area contributed by atoms with E-state index in [0.29, 0.717) is 18.5 Å². The van der Waals surface area contributed by atoms with Gasteiger partial charge in [0.05, 0.1) is 0 Å². The van der Waals surface area contributed by atoms with Crippen LogP contribution in [0.3, 0.4) is 0 Å². The maximum atomic E-state index is 6.29. The number of aliphatic imine (C=N–C) groups is 2. The van der Waals surface area contributed by atoms with Crippen molar-refractivity contribution in [2.24, 2.45) is 15.7 Å². The van der Waals surface area contributed by atoms with Gasteiger partial charge in [-0.1, -0.05) is 68.8 Å². The van der Waals surface area contributed by atoms with Crippen LogP contribution in [0.2, 0.25) is 5.02 Å². The number of nitrogens with zero attached hydrogens (tertiary/aromatic N) is 3. The first-order valence-electron chi connectivity index (χ1n) is 9.62. The van der Waals surface area contributed by atoms with E-state index in [1.54, 1.807) is 0 Å². The van der Waals surface area contributed by atoms with Crippen molar-refractivity contribution < 1.29 is 0 Å². The molecule has 26 heavy (non-hydrogen) atoms. The lowest BCUT2D eigenvalue weighted by molar-refractivity contribution is 0.178. The Morgan fingerprint density at radius 2 is 1.85 bits per heavy atom. The molecule has 0 aliphatic carbocycles. The molecule has 0 saturated carbocycles. The summed E-state index contributed by atoms with van der Waals surface area (Å²) in [5.74, 6) is 1.09. The van der Waals surface area contributed by atoms with Crippen molar-refractivity contribution in [3.8, 4) is 0 Å². The third kappa shape index (κ3) is 5.90. The molecule has 0 bridgehead atoms. The highest BCUT2D eigenvalue weighted by Gasteiger charge is 2.33. The fourth-order valence-corrected chi connectivity index (χ4v) is 3.25. The second-order valence-corrected chi connectivity index (χ2v) is 7.71. The highest BCUT2D eigenvalue weighted by Crippen LogP contribution is 2.23. The minimum Gasteiger partial charge on any atom is -0.369 e. The summed E-state index contributed by atoms with van der Waals surface area (Å²) in [5.41, 5.74) is 6.88. The maximum absolute atomic E-state index is 6.29. The van der Waals surface area contributed by atoms with Gasteiger partial charge < -0.3 is 16.0 Å². The van der Waals surface area contributed by atoms with E-state index in [2.05, 4.69) is 36.1 Å². The first-order valence-corrected chi connectivity index (χ1v) is 9.99. The van der Waals surface area contributed by atoms with Gasteiger partial charge in [0.1, 0.15) is 5.66 Å². The Kier molecular flexibility index (Phi) is 7.76. The zero-order chi connectivity index (χ0) is 19.0. The first-order chi connectivity index (χ1) is 12.4. The van der Waals surface area contributed by atoms with Crippen LogP contribution in [0.1, 0.15) is 64.9 Å². The molecule has 1 aliphatic rings. The Morgan fingerprint density at radius 1 is 1.15 bits per heavy atom. The smallest absolute Gasteiger partial charge is 0.223 e. The minimum absolute atomic E-state index is 0.384. The number of guanidine groups is 2. The van der Waals surface area contributed by atoms with Crippen molar-refractivity contribution in [1.82, 2.24) is 10.2 Å². The zero-order valence-electron chi connectivity index (χ0n) is 16.3. The minimum atomic E-state index is -0.384. The Bertz CT molecular complexity index is 639. The molecule has 0 saturated heterocycles. The van der Waals surface area contributed by atoms with Crippen LogP contribution in [0, 0.1) is 0 Å². The van der Waals surface area contributed by atoms with E-state index in [1.807, 2.05) is 29.2 Å². The SMILES string of the molecule is CCCCCCCCN=C1N=C(N)N(Cc2ccccc2Cl)C(C)(C)N1. The number of benzene rings is 1. The number of halogens is 1. The lowest BCUT2D eigenvalue weighted by Crippen LogP contribution is -2.63. The molecular weight excluding hydrogens is 346 g/mol. The lowest BCUT2D eigenvalue weighted by Gasteiger charge is -2.43. The molecule has 1 aromatic rings. The van der Waals surface area contributed by atoms with Gasteiger partial charge in [0.25, 0.3) is 0 Å². The van der Waals surface area contributed by atoms with Crippen LogP contribution in [-0.2, 0) is 6.54 Å². The molecule has 5 nitrogen and oxygen atoms in total. The van der Waals surface area contributed by atoms with Crippen molar-refractivity contribution in [2.45, 2.75) is 71.5 Å². The molecule has 0 atom stereocenters. The predicted octanol–water partition coefficient (Wildman–Crippen LogP) is 4.51. The average Bonchev–Trinajstić information content (AvgIpc) is 2.58. The van der Waals surface area contributed by atoms with Crippen molar-refractivity contribution in [2.75, 3.05) is 6.54 Å². The van der Waals surface area contributed by atoms with E-state index in [-0.39, 0.29) is 5.66 Å². The van der Waals surface area contributed by atoms with Crippen molar-refractivity contribution in [1.29, 1.82) is 0 Å². The van der Waals surface area contributed by atoms with Crippen LogP contribution in [0.25, 0.3) is 0 Å². The Balaban J connectivity index is 1.95. The molecular formula is C20H32ClN5. The van der Waals surface area contributed by atoms with E-state index < -0.39 is 0 Å². The van der Waals surface area contributed by atoms with Gasteiger partial charge in [0.2, 0.25) is 11.9 Å². The lowest BCUT2D eigenvalue weighted by atomic mass is 10.1. The summed E-state index contributed by atoms with van der Waals surface area (Å²) in [6.45, 7) is 7.77. The van der Waals surface area contributed by atoms with Crippen LogP contribution < -0.4 is 11.1 Å². The number of hydrogen-bond donors (Lipinski definition) is 2. The second kappa shape index (κ2) is 9.81. The van der Waals surface area contributed by atoms with E-state index >= 15 is 0 Å². The number of nitrogens with two attached hydrogens (primary N) is 1. The summed E-state index contributed by atoms with van der Waals surface area (Å²) in [5, 5.41) is 4.12. The quantitative estimate of drug-likeness (QED) is 0.622. The van der Waals surface area contributed by atoms with Gasteiger partial charge in [-0.15, -0.1) is 0 Å². The topological polar surface area (TPSA) is 66.0 Å². The number of unbranched alkanes of at least 4 members (excludes halogenated alkanes) is 5. The molecule has 144 valence electrons. The van der Waals surface area contributed by atoms with Gasteiger partial charge in [-0.05, 0) is 31.9 Å². The second-order valence-electron chi connectivity index (χ2n) is 7.30. The summed E-state index contributed by atoms with van der Waals surface area (Å²) < 4.78 is 0. The Morgan fingerprint density at radius 3 is 2.54 bits per heavy atom. The number of rotatable bonds is 9. The molecule has 0 fully saturated rings. The monoisotopic (exact) mass is 377 g/mol. The molecule has 1 aromatic carbocycles. The summed E-state index contributed by atoms with van der Waals surface area (Å²) >= 11 is 6.29. The van der Waals surface area contributed by atoms with Gasteiger partial charge in [0.15, 0.2) is 0 Å². The summed E-state index contributed by atoms with van der Waals surface area (Å²) in [4.78, 5) is 11.1. The molecule has 1 heterocycles. The Labute approximate surface area is 162 Å². The molecule has 0 radical (unpaired) electrons. The third-order valence-corrected chi connectivity index (χ3v) is 5.02. The molecule has 0 amide bonds. The molecule has 0 aromatic heterocycles. The zero-order valence-corrected chi connectivity index (χ0v) is 17.0. The molecule has 6 heteroatoms. The van der Waals surface area contributed by atoms with E-state index in [1.165, 1.54) is 32.1 Å². The summed E-state index contributed by atoms with van der Waals surface area (Å²) in [6.07, 6.45) is 7.52.